The highest BCUT2D eigenvalue weighted by Gasteiger charge is 2.33. The van der Waals surface area contributed by atoms with Gasteiger partial charge in [-0.1, -0.05) is 30.7 Å². The summed E-state index contributed by atoms with van der Waals surface area (Å²) in [4.78, 5) is 27.7. The number of nitrogens with zero attached hydrogens (tertiary/aromatic N) is 1. The molecule has 0 aliphatic carbocycles. The molecular weight excluding hydrogens is 308 g/mol. The van der Waals surface area contributed by atoms with E-state index in [2.05, 4.69) is 11.4 Å². The van der Waals surface area contributed by atoms with Gasteiger partial charge >= 0.3 is 0 Å². The molecule has 1 N–H and O–H groups in total. The fraction of sp³-hybridized carbons (Fsp3) is 0.333. The van der Waals surface area contributed by atoms with E-state index in [1.54, 1.807) is 16.2 Å². The van der Waals surface area contributed by atoms with Gasteiger partial charge < -0.3 is 10.2 Å². The summed E-state index contributed by atoms with van der Waals surface area (Å²) in [5.41, 5.74) is 2.90. The van der Waals surface area contributed by atoms with E-state index in [0.29, 0.717) is 6.42 Å². The van der Waals surface area contributed by atoms with Crippen LogP contribution in [0.1, 0.15) is 41.8 Å². The molecule has 23 heavy (non-hydrogen) atoms. The quantitative estimate of drug-likeness (QED) is 0.933. The van der Waals surface area contributed by atoms with Crippen molar-refractivity contribution in [2.75, 3.05) is 11.9 Å². The molecule has 3 rings (SSSR count). The third kappa shape index (κ3) is 3.15. The zero-order valence-corrected chi connectivity index (χ0v) is 14.2. The predicted molar refractivity (Wildman–Crippen MR) is 92.6 cm³/mol. The first-order chi connectivity index (χ1) is 11.1. The number of amides is 2. The lowest BCUT2D eigenvalue weighted by molar-refractivity contribution is -0.136. The Morgan fingerprint density at radius 1 is 1.39 bits per heavy atom. The van der Waals surface area contributed by atoms with E-state index < -0.39 is 0 Å². The summed E-state index contributed by atoms with van der Waals surface area (Å²) in [6.07, 6.45) is 1.23. The van der Waals surface area contributed by atoms with Gasteiger partial charge in [0, 0.05) is 22.5 Å². The van der Waals surface area contributed by atoms with E-state index in [0.717, 1.165) is 28.1 Å². The first kappa shape index (κ1) is 15.7. The van der Waals surface area contributed by atoms with Gasteiger partial charge in [-0.3, -0.25) is 9.59 Å². The van der Waals surface area contributed by atoms with E-state index in [9.17, 15) is 9.59 Å². The Morgan fingerprint density at radius 2 is 2.22 bits per heavy atom. The fourth-order valence-electron chi connectivity index (χ4n) is 2.97. The van der Waals surface area contributed by atoms with Crippen LogP contribution in [-0.4, -0.2) is 23.3 Å². The van der Waals surface area contributed by atoms with E-state index in [-0.39, 0.29) is 24.4 Å². The summed E-state index contributed by atoms with van der Waals surface area (Å²) in [6, 6.07) is 9.78. The van der Waals surface area contributed by atoms with E-state index in [4.69, 9.17) is 0 Å². The van der Waals surface area contributed by atoms with Crippen molar-refractivity contribution >= 4 is 28.8 Å². The molecular formula is C18H20N2O2S. The third-order valence-corrected chi connectivity index (χ3v) is 4.92. The molecule has 1 aliphatic heterocycles. The Morgan fingerprint density at radius 3 is 2.91 bits per heavy atom. The number of benzene rings is 1. The highest BCUT2D eigenvalue weighted by atomic mass is 32.1. The van der Waals surface area contributed by atoms with Gasteiger partial charge in [-0.25, -0.2) is 0 Å². The number of aryl methyl sites for hydroxylation is 1. The lowest BCUT2D eigenvalue weighted by Crippen LogP contribution is -2.38. The van der Waals surface area contributed by atoms with Crippen LogP contribution in [0.4, 0.5) is 5.69 Å². The van der Waals surface area contributed by atoms with Crippen molar-refractivity contribution in [2.24, 2.45) is 0 Å². The van der Waals surface area contributed by atoms with E-state index in [1.165, 1.54) is 0 Å². The number of hydrogen-bond acceptors (Lipinski definition) is 3. The van der Waals surface area contributed by atoms with Gasteiger partial charge in [0.1, 0.15) is 6.54 Å². The molecule has 1 unspecified atom stereocenters. The topological polar surface area (TPSA) is 49.4 Å². The van der Waals surface area contributed by atoms with Gasteiger partial charge in [-0.05, 0) is 30.9 Å². The van der Waals surface area contributed by atoms with Crippen LogP contribution >= 0.6 is 11.3 Å². The molecule has 1 atom stereocenters. The van der Waals surface area contributed by atoms with Crippen LogP contribution in [0, 0.1) is 6.92 Å². The lowest BCUT2D eigenvalue weighted by Gasteiger charge is -2.29. The molecule has 1 aromatic heterocycles. The Labute approximate surface area is 140 Å². The SMILES string of the molecule is CCCC(=O)N1CC(=O)Nc2ccc(C)cc2C1c1cccs1. The summed E-state index contributed by atoms with van der Waals surface area (Å²) in [5.74, 6) is -0.117. The third-order valence-electron chi connectivity index (χ3n) is 4.00. The molecule has 120 valence electrons. The van der Waals surface area contributed by atoms with Gasteiger partial charge in [-0.2, -0.15) is 0 Å². The second-order valence-electron chi connectivity index (χ2n) is 5.83. The van der Waals surface area contributed by atoms with Gasteiger partial charge in [-0.15, -0.1) is 11.3 Å². The number of hydrogen-bond donors (Lipinski definition) is 1. The molecule has 0 fully saturated rings. The number of thiophene rings is 1. The summed E-state index contributed by atoms with van der Waals surface area (Å²) in [6.45, 7) is 4.10. The maximum atomic E-state index is 12.6. The summed E-state index contributed by atoms with van der Waals surface area (Å²) in [7, 11) is 0. The van der Waals surface area contributed by atoms with Crippen LogP contribution in [0.2, 0.25) is 0 Å². The second-order valence-corrected chi connectivity index (χ2v) is 6.81. The molecule has 0 saturated carbocycles. The summed E-state index contributed by atoms with van der Waals surface area (Å²) < 4.78 is 0. The Balaban J connectivity index is 2.15. The van der Waals surface area contributed by atoms with Crippen molar-refractivity contribution in [1.82, 2.24) is 4.90 Å². The minimum atomic E-state index is -0.206. The van der Waals surface area contributed by atoms with E-state index in [1.807, 2.05) is 43.5 Å². The molecule has 0 radical (unpaired) electrons. The normalized spacial score (nSPS) is 17.4. The van der Waals surface area contributed by atoms with Crippen molar-refractivity contribution in [3.8, 4) is 0 Å². The Hall–Kier alpha value is -2.14. The molecule has 2 heterocycles. The molecule has 4 nitrogen and oxygen atoms in total. The second kappa shape index (κ2) is 6.54. The maximum absolute atomic E-state index is 12.6. The zero-order chi connectivity index (χ0) is 16.4. The molecule has 0 spiro atoms. The molecule has 0 saturated heterocycles. The number of carbonyl (C=O) groups excluding carboxylic acids is 2. The van der Waals surface area contributed by atoms with Crippen LogP contribution in [-0.2, 0) is 9.59 Å². The van der Waals surface area contributed by atoms with Crippen LogP contribution in [0.15, 0.2) is 35.7 Å². The van der Waals surface area contributed by atoms with Crippen molar-refractivity contribution in [1.29, 1.82) is 0 Å². The maximum Gasteiger partial charge on any atom is 0.244 e. The lowest BCUT2D eigenvalue weighted by atomic mass is 9.99. The van der Waals surface area contributed by atoms with Crippen LogP contribution < -0.4 is 5.32 Å². The first-order valence-corrected chi connectivity index (χ1v) is 8.71. The van der Waals surface area contributed by atoms with Crippen LogP contribution in [0.5, 0.6) is 0 Å². The minimum absolute atomic E-state index is 0.0235. The monoisotopic (exact) mass is 328 g/mol. The molecule has 2 amide bonds. The standard InChI is InChI=1S/C18H20N2O2S/c1-3-5-17(22)20-11-16(21)19-14-8-7-12(2)10-13(14)18(20)15-6-4-9-23-15/h4,6-10,18H,3,5,11H2,1-2H3,(H,19,21). The highest BCUT2D eigenvalue weighted by Crippen LogP contribution is 2.38. The van der Waals surface area contributed by atoms with Crippen LogP contribution in [0.25, 0.3) is 0 Å². The number of fused-ring (bicyclic) bond motifs is 1. The van der Waals surface area contributed by atoms with Crippen molar-refractivity contribution in [3.05, 3.63) is 51.7 Å². The van der Waals surface area contributed by atoms with Crippen molar-refractivity contribution < 1.29 is 9.59 Å². The Bertz CT molecular complexity index is 725. The van der Waals surface area contributed by atoms with Gasteiger partial charge in [0.15, 0.2) is 0 Å². The summed E-state index contributed by atoms with van der Waals surface area (Å²) in [5, 5.41) is 4.95. The number of rotatable bonds is 3. The minimum Gasteiger partial charge on any atom is -0.324 e. The van der Waals surface area contributed by atoms with Gasteiger partial charge in [0.05, 0.1) is 6.04 Å². The van der Waals surface area contributed by atoms with Gasteiger partial charge in [0.25, 0.3) is 0 Å². The Kier molecular flexibility index (Phi) is 4.48. The average Bonchev–Trinajstić information content (AvgIpc) is 2.99. The zero-order valence-electron chi connectivity index (χ0n) is 13.3. The highest BCUT2D eigenvalue weighted by molar-refractivity contribution is 7.10. The van der Waals surface area contributed by atoms with Crippen molar-refractivity contribution in [3.63, 3.8) is 0 Å². The molecule has 5 heteroatoms. The predicted octanol–water partition coefficient (Wildman–Crippen LogP) is 3.73. The largest absolute Gasteiger partial charge is 0.324 e. The van der Waals surface area contributed by atoms with Crippen molar-refractivity contribution in [2.45, 2.75) is 32.7 Å². The number of anilines is 1. The smallest absolute Gasteiger partial charge is 0.244 e. The molecule has 1 aliphatic rings. The van der Waals surface area contributed by atoms with Crippen LogP contribution in [0.3, 0.4) is 0 Å². The van der Waals surface area contributed by atoms with E-state index >= 15 is 0 Å². The molecule has 2 aromatic rings. The average molecular weight is 328 g/mol. The van der Waals surface area contributed by atoms with Gasteiger partial charge in [0.2, 0.25) is 11.8 Å². The number of nitrogens with one attached hydrogen (secondary N) is 1. The molecule has 0 bridgehead atoms. The first-order valence-electron chi connectivity index (χ1n) is 7.83. The number of carbonyl (C=O) groups is 2. The summed E-state index contributed by atoms with van der Waals surface area (Å²) >= 11 is 1.62. The molecule has 1 aromatic carbocycles. The fourth-order valence-corrected chi connectivity index (χ4v) is 3.82.